The van der Waals surface area contributed by atoms with E-state index in [0.29, 0.717) is 18.4 Å². The fraction of sp³-hybridized carbons (Fsp3) is 0.583. The minimum absolute atomic E-state index is 0.190. The molecule has 0 aromatic heterocycles. The Morgan fingerprint density at radius 1 is 1.00 bits per heavy atom. The van der Waals surface area contributed by atoms with Gasteiger partial charge in [-0.3, -0.25) is 9.59 Å². The van der Waals surface area contributed by atoms with E-state index in [1.54, 1.807) is 6.92 Å². The van der Waals surface area contributed by atoms with E-state index in [0.717, 1.165) is 0 Å². The number of unbranched alkanes of at least 4 members (excludes halogenated alkanes) is 1. The van der Waals surface area contributed by atoms with E-state index >= 15 is 0 Å². The van der Waals surface area contributed by atoms with Crippen LogP contribution in [-0.4, -0.2) is 30.9 Å². The highest BCUT2D eigenvalue weighted by Gasteiger charge is 2.06. The van der Waals surface area contributed by atoms with Gasteiger partial charge in [-0.25, -0.2) is 4.79 Å². The van der Waals surface area contributed by atoms with Crippen molar-refractivity contribution in [2.75, 3.05) is 13.2 Å². The van der Waals surface area contributed by atoms with Gasteiger partial charge in [0.15, 0.2) is 0 Å². The maximum atomic E-state index is 11.0. The lowest BCUT2D eigenvalue weighted by molar-refractivity contribution is -0.146. The molecule has 0 fully saturated rings. The maximum Gasteiger partial charge on any atom is 0.333 e. The topological polar surface area (TPSA) is 69.7 Å². The lowest BCUT2D eigenvalue weighted by Gasteiger charge is -2.05. The van der Waals surface area contributed by atoms with Gasteiger partial charge in [0.25, 0.3) is 0 Å². The van der Waals surface area contributed by atoms with Crippen LogP contribution in [0.1, 0.15) is 33.1 Å². The summed E-state index contributed by atoms with van der Waals surface area (Å²) in [6.07, 6.45) is 1.00. The van der Waals surface area contributed by atoms with E-state index in [2.05, 4.69) is 6.58 Å². The van der Waals surface area contributed by atoms with Crippen molar-refractivity contribution in [3.63, 3.8) is 0 Å². The molecule has 0 radical (unpaired) electrons. The molecule has 0 atom stereocenters. The van der Waals surface area contributed by atoms with Crippen molar-refractivity contribution in [3.05, 3.63) is 12.2 Å². The molecule has 0 saturated carbocycles. The Hall–Kier alpha value is -1.65. The fourth-order valence-electron chi connectivity index (χ4n) is 0.932. The standard InChI is InChI=1S/C12H18O5/c1-9(2)12(15)17-7-5-4-6-16-11(14)8-10(3)13/h1,4-8H2,2-3H3. The van der Waals surface area contributed by atoms with Gasteiger partial charge in [-0.2, -0.15) is 0 Å². The molecule has 0 bridgehead atoms. The van der Waals surface area contributed by atoms with Crippen LogP contribution in [0.4, 0.5) is 0 Å². The van der Waals surface area contributed by atoms with E-state index in [-0.39, 0.29) is 25.4 Å². The van der Waals surface area contributed by atoms with Crippen molar-refractivity contribution in [1.82, 2.24) is 0 Å². The molecule has 0 N–H and O–H groups in total. The van der Waals surface area contributed by atoms with Crippen LogP contribution in [0.3, 0.4) is 0 Å². The van der Waals surface area contributed by atoms with Gasteiger partial charge in [0.1, 0.15) is 12.2 Å². The monoisotopic (exact) mass is 242 g/mol. The Bertz CT molecular complexity index is 306. The van der Waals surface area contributed by atoms with Crippen LogP contribution in [0.25, 0.3) is 0 Å². The summed E-state index contributed by atoms with van der Waals surface area (Å²) in [5, 5.41) is 0. The molecule has 0 unspecified atom stereocenters. The second kappa shape index (κ2) is 8.50. The number of rotatable bonds is 8. The Labute approximate surface area is 101 Å². The number of hydrogen-bond acceptors (Lipinski definition) is 5. The zero-order valence-electron chi connectivity index (χ0n) is 10.3. The average Bonchev–Trinajstić information content (AvgIpc) is 2.21. The molecule has 0 aromatic carbocycles. The third kappa shape index (κ3) is 9.29. The highest BCUT2D eigenvalue weighted by molar-refractivity contribution is 5.94. The molecule has 0 aliphatic rings. The van der Waals surface area contributed by atoms with Gasteiger partial charge >= 0.3 is 11.9 Å². The quantitative estimate of drug-likeness (QED) is 0.278. The third-order valence-corrected chi connectivity index (χ3v) is 1.78. The van der Waals surface area contributed by atoms with E-state index in [4.69, 9.17) is 9.47 Å². The summed E-state index contributed by atoms with van der Waals surface area (Å²) in [5.74, 6) is -1.15. The van der Waals surface area contributed by atoms with Crippen LogP contribution in [-0.2, 0) is 23.9 Å². The van der Waals surface area contributed by atoms with Crippen LogP contribution in [0, 0.1) is 0 Å². The highest BCUT2D eigenvalue weighted by atomic mass is 16.5. The van der Waals surface area contributed by atoms with Crippen LogP contribution in [0.15, 0.2) is 12.2 Å². The van der Waals surface area contributed by atoms with Crippen molar-refractivity contribution < 1.29 is 23.9 Å². The molecule has 96 valence electrons. The SMILES string of the molecule is C=C(C)C(=O)OCCCCOC(=O)CC(C)=O. The summed E-state index contributed by atoms with van der Waals surface area (Å²) in [4.78, 5) is 32.5. The van der Waals surface area contributed by atoms with Gasteiger partial charge in [-0.05, 0) is 26.7 Å². The van der Waals surface area contributed by atoms with Gasteiger partial charge in [0.05, 0.1) is 13.2 Å². The second-order valence-electron chi connectivity index (χ2n) is 3.72. The summed E-state index contributed by atoms with van der Waals surface area (Å²) >= 11 is 0. The normalized spacial score (nSPS) is 9.53. The van der Waals surface area contributed by atoms with Gasteiger partial charge in [-0.15, -0.1) is 0 Å². The number of Topliss-reactive ketones (excluding diaryl/α,β-unsaturated/α-hetero) is 1. The Morgan fingerprint density at radius 3 is 2.00 bits per heavy atom. The maximum absolute atomic E-state index is 11.0. The molecule has 0 spiro atoms. The molecular weight excluding hydrogens is 224 g/mol. The Kier molecular flexibility index (Phi) is 7.67. The van der Waals surface area contributed by atoms with E-state index in [1.807, 2.05) is 0 Å². The van der Waals surface area contributed by atoms with E-state index < -0.39 is 11.9 Å². The molecule has 0 aromatic rings. The molecule has 0 rings (SSSR count). The minimum atomic E-state index is -0.517. The van der Waals surface area contributed by atoms with Crippen molar-refractivity contribution in [2.45, 2.75) is 33.1 Å². The number of hydrogen-bond donors (Lipinski definition) is 0. The molecule has 0 aliphatic heterocycles. The van der Waals surface area contributed by atoms with Crippen molar-refractivity contribution in [3.8, 4) is 0 Å². The first-order valence-electron chi connectivity index (χ1n) is 5.41. The predicted molar refractivity (Wildman–Crippen MR) is 61.3 cm³/mol. The van der Waals surface area contributed by atoms with E-state index in [1.165, 1.54) is 6.92 Å². The summed E-state index contributed by atoms with van der Waals surface area (Å²) < 4.78 is 9.63. The molecule has 0 saturated heterocycles. The molecule has 0 aliphatic carbocycles. The van der Waals surface area contributed by atoms with Gasteiger partial charge in [0.2, 0.25) is 0 Å². The molecule has 17 heavy (non-hydrogen) atoms. The molecule has 0 heterocycles. The number of ketones is 1. The summed E-state index contributed by atoms with van der Waals surface area (Å²) in [6.45, 7) is 6.86. The van der Waals surface area contributed by atoms with Gasteiger partial charge in [-0.1, -0.05) is 6.58 Å². The van der Waals surface area contributed by atoms with E-state index in [9.17, 15) is 14.4 Å². The largest absolute Gasteiger partial charge is 0.465 e. The molecular formula is C12H18O5. The van der Waals surface area contributed by atoms with Gasteiger partial charge in [0, 0.05) is 5.57 Å². The van der Waals surface area contributed by atoms with Crippen LogP contribution in [0.2, 0.25) is 0 Å². The summed E-state index contributed by atoms with van der Waals surface area (Å²) in [7, 11) is 0. The lowest BCUT2D eigenvalue weighted by atomic mass is 10.3. The zero-order valence-corrected chi connectivity index (χ0v) is 10.3. The first-order valence-corrected chi connectivity index (χ1v) is 5.41. The number of carbonyl (C=O) groups is 3. The smallest absolute Gasteiger partial charge is 0.333 e. The second-order valence-corrected chi connectivity index (χ2v) is 3.72. The summed E-state index contributed by atoms with van der Waals surface area (Å²) in [5.41, 5.74) is 0.359. The Balaban J connectivity index is 3.41. The molecule has 5 nitrogen and oxygen atoms in total. The number of carbonyl (C=O) groups excluding carboxylic acids is 3. The van der Waals surface area contributed by atoms with Crippen LogP contribution < -0.4 is 0 Å². The first kappa shape index (κ1) is 15.3. The number of ether oxygens (including phenoxy) is 2. The Morgan fingerprint density at radius 2 is 1.53 bits per heavy atom. The minimum Gasteiger partial charge on any atom is -0.465 e. The van der Waals surface area contributed by atoms with Crippen molar-refractivity contribution in [2.24, 2.45) is 0 Å². The average molecular weight is 242 g/mol. The predicted octanol–water partition coefficient (Wildman–Crippen LogP) is 1.41. The molecule has 0 amide bonds. The zero-order chi connectivity index (χ0) is 13.3. The van der Waals surface area contributed by atoms with Gasteiger partial charge < -0.3 is 9.47 Å². The highest BCUT2D eigenvalue weighted by Crippen LogP contribution is 1.97. The van der Waals surface area contributed by atoms with Crippen molar-refractivity contribution >= 4 is 17.7 Å². The van der Waals surface area contributed by atoms with Crippen LogP contribution >= 0.6 is 0 Å². The first-order chi connectivity index (χ1) is 7.93. The summed E-state index contributed by atoms with van der Waals surface area (Å²) in [6, 6.07) is 0. The number of esters is 2. The molecule has 5 heteroatoms. The fourth-order valence-corrected chi connectivity index (χ4v) is 0.932. The lowest BCUT2D eigenvalue weighted by Crippen LogP contribution is -2.11. The van der Waals surface area contributed by atoms with Crippen LogP contribution in [0.5, 0.6) is 0 Å². The third-order valence-electron chi connectivity index (χ3n) is 1.78. The van der Waals surface area contributed by atoms with Crippen molar-refractivity contribution in [1.29, 1.82) is 0 Å².